The molecule has 0 saturated carbocycles. The molecule has 1 amide bonds. The fourth-order valence-corrected chi connectivity index (χ4v) is 1.64. The Bertz CT molecular complexity index is 268. The number of carbonyl (C=O) groups is 1. The van der Waals surface area contributed by atoms with Crippen molar-refractivity contribution in [1.82, 2.24) is 4.90 Å². The minimum atomic E-state index is -4.65. The lowest BCUT2D eigenvalue weighted by molar-refractivity contribution is -0.169. The van der Waals surface area contributed by atoms with Gasteiger partial charge in [-0.2, -0.15) is 13.2 Å². The molecular formula is C9H16ClF3N2O. The molecule has 1 atom stereocenters. The third kappa shape index (κ3) is 3.52. The van der Waals surface area contributed by atoms with Gasteiger partial charge in [-0.25, -0.2) is 0 Å². The summed E-state index contributed by atoms with van der Waals surface area (Å²) in [6, 6.07) is -2.38. The lowest BCUT2D eigenvalue weighted by Crippen LogP contribution is -2.51. The predicted molar refractivity (Wildman–Crippen MR) is 56.3 cm³/mol. The van der Waals surface area contributed by atoms with Gasteiger partial charge >= 0.3 is 6.18 Å². The van der Waals surface area contributed by atoms with E-state index in [9.17, 15) is 18.0 Å². The molecule has 0 aromatic heterocycles. The maximum Gasteiger partial charge on any atom is 0.412 e. The standard InChI is InChI=1S/C9H15F3N2O.ClH/c1-8(2)3-4-14(5-8)7(15)6(13)9(10,11)12;/h6H,3-5,13H2,1-2H3;1H. The van der Waals surface area contributed by atoms with Crippen LogP contribution in [0.4, 0.5) is 13.2 Å². The first kappa shape index (κ1) is 15.5. The van der Waals surface area contributed by atoms with Crippen LogP contribution >= 0.6 is 12.4 Å². The van der Waals surface area contributed by atoms with Crippen LogP contribution in [0.5, 0.6) is 0 Å². The predicted octanol–water partition coefficient (Wildman–Crippen LogP) is 1.56. The lowest BCUT2D eigenvalue weighted by atomic mass is 9.93. The van der Waals surface area contributed by atoms with Crippen molar-refractivity contribution in [3.05, 3.63) is 0 Å². The summed E-state index contributed by atoms with van der Waals surface area (Å²) in [6.45, 7) is 4.53. The molecule has 0 aliphatic carbocycles. The smallest absolute Gasteiger partial charge is 0.340 e. The van der Waals surface area contributed by atoms with Crippen molar-refractivity contribution in [3.8, 4) is 0 Å². The van der Waals surface area contributed by atoms with Gasteiger partial charge in [0.05, 0.1) is 0 Å². The van der Waals surface area contributed by atoms with Crippen LogP contribution in [0, 0.1) is 5.41 Å². The molecule has 0 aromatic carbocycles. The molecule has 1 aliphatic rings. The van der Waals surface area contributed by atoms with E-state index < -0.39 is 18.1 Å². The fraction of sp³-hybridized carbons (Fsp3) is 0.889. The van der Waals surface area contributed by atoms with Gasteiger partial charge in [-0.05, 0) is 11.8 Å². The zero-order valence-electron chi connectivity index (χ0n) is 9.17. The maximum absolute atomic E-state index is 12.2. The summed E-state index contributed by atoms with van der Waals surface area (Å²) >= 11 is 0. The lowest BCUT2D eigenvalue weighted by Gasteiger charge is -2.24. The number of rotatable bonds is 1. The van der Waals surface area contributed by atoms with E-state index in [1.54, 1.807) is 0 Å². The SMILES string of the molecule is CC1(C)CCN(C(=O)C(N)C(F)(F)F)C1.Cl. The highest BCUT2D eigenvalue weighted by atomic mass is 35.5. The van der Waals surface area contributed by atoms with Gasteiger partial charge < -0.3 is 10.6 Å². The second-order valence-corrected chi connectivity index (χ2v) is 4.69. The van der Waals surface area contributed by atoms with Crippen LogP contribution in [-0.2, 0) is 4.79 Å². The quantitative estimate of drug-likeness (QED) is 0.778. The average Bonchev–Trinajstić information content (AvgIpc) is 2.42. The van der Waals surface area contributed by atoms with Crippen LogP contribution in [0.3, 0.4) is 0 Å². The summed E-state index contributed by atoms with van der Waals surface area (Å²) in [5.74, 6) is -1.02. The van der Waals surface area contributed by atoms with Crippen molar-refractivity contribution in [2.45, 2.75) is 32.5 Å². The van der Waals surface area contributed by atoms with Crippen LogP contribution in [-0.4, -0.2) is 36.1 Å². The van der Waals surface area contributed by atoms with Crippen LogP contribution < -0.4 is 5.73 Å². The largest absolute Gasteiger partial charge is 0.412 e. The van der Waals surface area contributed by atoms with Gasteiger partial charge in [0.25, 0.3) is 0 Å². The van der Waals surface area contributed by atoms with E-state index in [4.69, 9.17) is 5.73 Å². The Balaban J connectivity index is 0.00000225. The molecule has 1 rings (SSSR count). The maximum atomic E-state index is 12.2. The summed E-state index contributed by atoms with van der Waals surface area (Å²) in [4.78, 5) is 12.6. The Morgan fingerprint density at radius 2 is 1.94 bits per heavy atom. The topological polar surface area (TPSA) is 46.3 Å². The molecule has 0 aromatic rings. The highest BCUT2D eigenvalue weighted by Crippen LogP contribution is 2.30. The first-order chi connectivity index (χ1) is 6.63. The van der Waals surface area contributed by atoms with E-state index in [-0.39, 0.29) is 17.8 Å². The van der Waals surface area contributed by atoms with Crippen LogP contribution in [0.1, 0.15) is 20.3 Å². The Kier molecular flexibility index (Phi) is 4.64. The zero-order valence-corrected chi connectivity index (χ0v) is 9.99. The van der Waals surface area contributed by atoms with Crippen LogP contribution in [0.15, 0.2) is 0 Å². The number of alkyl halides is 3. The van der Waals surface area contributed by atoms with E-state index >= 15 is 0 Å². The van der Waals surface area contributed by atoms with Gasteiger partial charge in [-0.3, -0.25) is 4.79 Å². The molecule has 1 heterocycles. The summed E-state index contributed by atoms with van der Waals surface area (Å²) < 4.78 is 36.5. The van der Waals surface area contributed by atoms with Crippen molar-refractivity contribution in [2.24, 2.45) is 11.1 Å². The van der Waals surface area contributed by atoms with Crippen molar-refractivity contribution in [3.63, 3.8) is 0 Å². The molecule has 96 valence electrons. The number of amides is 1. The van der Waals surface area contributed by atoms with E-state index in [1.807, 2.05) is 13.8 Å². The van der Waals surface area contributed by atoms with E-state index in [0.29, 0.717) is 19.5 Å². The molecule has 1 unspecified atom stereocenters. The molecule has 0 bridgehead atoms. The Morgan fingerprint density at radius 1 is 1.44 bits per heavy atom. The number of hydrogen-bond acceptors (Lipinski definition) is 2. The number of halogens is 4. The van der Waals surface area contributed by atoms with Gasteiger partial charge in [-0.15, -0.1) is 12.4 Å². The highest BCUT2D eigenvalue weighted by Gasteiger charge is 2.45. The van der Waals surface area contributed by atoms with Crippen molar-refractivity contribution in [1.29, 1.82) is 0 Å². The van der Waals surface area contributed by atoms with Gasteiger partial charge in [0.1, 0.15) is 0 Å². The summed E-state index contributed by atoms with van der Waals surface area (Å²) in [5, 5.41) is 0. The zero-order chi connectivity index (χ0) is 11.9. The monoisotopic (exact) mass is 260 g/mol. The summed E-state index contributed by atoms with van der Waals surface area (Å²) in [7, 11) is 0. The first-order valence-corrected chi connectivity index (χ1v) is 4.74. The minimum absolute atomic E-state index is 0. The second-order valence-electron chi connectivity index (χ2n) is 4.69. The molecule has 7 heteroatoms. The Hall–Kier alpha value is -0.490. The van der Waals surface area contributed by atoms with Crippen molar-refractivity contribution >= 4 is 18.3 Å². The first-order valence-electron chi connectivity index (χ1n) is 4.74. The molecular weight excluding hydrogens is 245 g/mol. The molecule has 0 spiro atoms. The molecule has 1 saturated heterocycles. The van der Waals surface area contributed by atoms with E-state index in [1.165, 1.54) is 4.90 Å². The molecule has 1 fully saturated rings. The van der Waals surface area contributed by atoms with E-state index in [0.717, 1.165) is 0 Å². The summed E-state index contributed by atoms with van der Waals surface area (Å²) in [6.07, 6.45) is -3.94. The van der Waals surface area contributed by atoms with Gasteiger partial charge in [0, 0.05) is 13.1 Å². The normalized spacial score (nSPS) is 21.5. The van der Waals surface area contributed by atoms with Crippen molar-refractivity contribution in [2.75, 3.05) is 13.1 Å². The van der Waals surface area contributed by atoms with Gasteiger partial charge in [0.15, 0.2) is 6.04 Å². The molecule has 16 heavy (non-hydrogen) atoms. The highest BCUT2D eigenvalue weighted by molar-refractivity contribution is 5.85. The molecule has 1 aliphatic heterocycles. The number of hydrogen-bond donors (Lipinski definition) is 1. The third-order valence-electron chi connectivity index (χ3n) is 2.61. The molecule has 3 nitrogen and oxygen atoms in total. The average molecular weight is 261 g/mol. The van der Waals surface area contributed by atoms with Crippen LogP contribution in [0.2, 0.25) is 0 Å². The fourth-order valence-electron chi connectivity index (χ4n) is 1.64. The number of carbonyl (C=O) groups excluding carboxylic acids is 1. The summed E-state index contributed by atoms with van der Waals surface area (Å²) in [5.41, 5.74) is 4.74. The second kappa shape index (κ2) is 4.79. The Labute approximate surface area is 98.6 Å². The van der Waals surface area contributed by atoms with Crippen molar-refractivity contribution < 1.29 is 18.0 Å². The molecule has 2 N–H and O–H groups in total. The van der Waals surface area contributed by atoms with Gasteiger partial charge in [-0.1, -0.05) is 13.8 Å². The molecule has 0 radical (unpaired) electrons. The van der Waals surface area contributed by atoms with Gasteiger partial charge in [0.2, 0.25) is 5.91 Å². The number of likely N-dealkylation sites (tertiary alicyclic amines) is 1. The van der Waals surface area contributed by atoms with Crippen LogP contribution in [0.25, 0.3) is 0 Å². The third-order valence-corrected chi connectivity index (χ3v) is 2.61. The van der Waals surface area contributed by atoms with E-state index in [2.05, 4.69) is 0 Å². The number of nitrogens with zero attached hydrogens (tertiary/aromatic N) is 1. The minimum Gasteiger partial charge on any atom is -0.340 e. The Morgan fingerprint density at radius 3 is 2.25 bits per heavy atom. The number of nitrogens with two attached hydrogens (primary N) is 1.